The standard InChI is InChI=1S/C14H17BrO4/c1-9-5-6-11(15)13(12(9)14(16)17-2)19-10-4-3-7-18-8-10/h5-6,10H,3-4,7-8H2,1-2H3/t10-/m1/s1. The van der Waals surface area contributed by atoms with E-state index in [0.717, 1.165) is 29.5 Å². The van der Waals surface area contributed by atoms with Gasteiger partial charge in [-0.15, -0.1) is 0 Å². The largest absolute Gasteiger partial charge is 0.486 e. The van der Waals surface area contributed by atoms with E-state index >= 15 is 0 Å². The van der Waals surface area contributed by atoms with E-state index in [1.165, 1.54) is 7.11 Å². The van der Waals surface area contributed by atoms with Crippen molar-refractivity contribution in [2.45, 2.75) is 25.9 Å². The van der Waals surface area contributed by atoms with Gasteiger partial charge in [0.25, 0.3) is 0 Å². The van der Waals surface area contributed by atoms with Gasteiger partial charge < -0.3 is 14.2 Å². The molecule has 0 amide bonds. The van der Waals surface area contributed by atoms with Crippen LogP contribution in [-0.2, 0) is 9.47 Å². The normalized spacial score (nSPS) is 19.0. The van der Waals surface area contributed by atoms with Gasteiger partial charge in [-0.05, 0) is 47.3 Å². The average Bonchev–Trinajstić information content (AvgIpc) is 2.43. The van der Waals surface area contributed by atoms with E-state index in [2.05, 4.69) is 15.9 Å². The number of esters is 1. The highest BCUT2D eigenvalue weighted by molar-refractivity contribution is 9.10. The Kier molecular flexibility index (Phi) is 4.82. The third kappa shape index (κ3) is 3.28. The molecule has 0 aromatic heterocycles. The highest BCUT2D eigenvalue weighted by atomic mass is 79.9. The highest BCUT2D eigenvalue weighted by Gasteiger charge is 2.23. The number of benzene rings is 1. The van der Waals surface area contributed by atoms with Crippen molar-refractivity contribution in [1.29, 1.82) is 0 Å². The summed E-state index contributed by atoms with van der Waals surface area (Å²) < 4.78 is 16.9. The molecule has 0 N–H and O–H groups in total. The quantitative estimate of drug-likeness (QED) is 0.800. The zero-order valence-corrected chi connectivity index (χ0v) is 12.7. The fourth-order valence-electron chi connectivity index (χ4n) is 2.10. The fourth-order valence-corrected chi connectivity index (χ4v) is 2.52. The van der Waals surface area contributed by atoms with Gasteiger partial charge in [-0.1, -0.05) is 6.07 Å². The Morgan fingerprint density at radius 3 is 2.89 bits per heavy atom. The van der Waals surface area contributed by atoms with Crippen LogP contribution in [0.25, 0.3) is 0 Å². The molecule has 1 aromatic rings. The van der Waals surface area contributed by atoms with Crippen molar-refractivity contribution >= 4 is 21.9 Å². The summed E-state index contributed by atoms with van der Waals surface area (Å²) in [6.07, 6.45) is 1.89. The number of aryl methyl sites for hydroxylation is 1. The first kappa shape index (κ1) is 14.3. The van der Waals surface area contributed by atoms with Crippen LogP contribution in [-0.4, -0.2) is 32.4 Å². The second-order valence-corrected chi connectivity index (χ2v) is 5.37. The zero-order chi connectivity index (χ0) is 13.8. The first-order valence-corrected chi connectivity index (χ1v) is 7.04. The van der Waals surface area contributed by atoms with E-state index in [1.54, 1.807) is 0 Å². The molecule has 4 nitrogen and oxygen atoms in total. The molecule has 0 unspecified atom stereocenters. The van der Waals surface area contributed by atoms with Gasteiger partial charge in [0.15, 0.2) is 0 Å². The van der Waals surface area contributed by atoms with Crippen LogP contribution in [0.15, 0.2) is 16.6 Å². The first-order valence-electron chi connectivity index (χ1n) is 6.25. The Morgan fingerprint density at radius 2 is 2.26 bits per heavy atom. The smallest absolute Gasteiger partial charge is 0.341 e. The van der Waals surface area contributed by atoms with Crippen LogP contribution >= 0.6 is 15.9 Å². The van der Waals surface area contributed by atoms with Crippen molar-refractivity contribution in [2.75, 3.05) is 20.3 Å². The molecule has 1 fully saturated rings. The molecule has 0 saturated carbocycles. The van der Waals surface area contributed by atoms with Crippen LogP contribution in [0.4, 0.5) is 0 Å². The lowest BCUT2D eigenvalue weighted by Crippen LogP contribution is -2.29. The van der Waals surface area contributed by atoms with E-state index in [9.17, 15) is 4.79 Å². The first-order chi connectivity index (χ1) is 9.13. The van der Waals surface area contributed by atoms with Crippen molar-refractivity contribution in [3.05, 3.63) is 27.7 Å². The van der Waals surface area contributed by atoms with Gasteiger partial charge in [0.1, 0.15) is 17.4 Å². The molecule has 0 aliphatic carbocycles. The predicted octanol–water partition coefficient (Wildman–Crippen LogP) is 3.10. The molecule has 1 atom stereocenters. The lowest BCUT2D eigenvalue weighted by atomic mass is 10.1. The van der Waals surface area contributed by atoms with Crippen molar-refractivity contribution in [1.82, 2.24) is 0 Å². The van der Waals surface area contributed by atoms with Crippen LogP contribution in [0.1, 0.15) is 28.8 Å². The fraction of sp³-hybridized carbons (Fsp3) is 0.500. The number of methoxy groups -OCH3 is 1. The lowest BCUT2D eigenvalue weighted by Gasteiger charge is -2.25. The van der Waals surface area contributed by atoms with E-state index in [1.807, 2.05) is 19.1 Å². The van der Waals surface area contributed by atoms with Crippen molar-refractivity contribution < 1.29 is 19.0 Å². The second-order valence-electron chi connectivity index (χ2n) is 4.52. The highest BCUT2D eigenvalue weighted by Crippen LogP contribution is 2.33. The molecule has 0 bridgehead atoms. The minimum absolute atomic E-state index is 0.0183. The average molecular weight is 329 g/mol. The maximum absolute atomic E-state index is 11.9. The second kappa shape index (κ2) is 6.39. The molecular weight excluding hydrogens is 312 g/mol. The minimum atomic E-state index is -0.384. The van der Waals surface area contributed by atoms with Crippen LogP contribution < -0.4 is 4.74 Å². The summed E-state index contributed by atoms with van der Waals surface area (Å²) in [5.41, 5.74) is 1.31. The van der Waals surface area contributed by atoms with Crippen LogP contribution in [0.2, 0.25) is 0 Å². The Morgan fingerprint density at radius 1 is 1.47 bits per heavy atom. The summed E-state index contributed by atoms with van der Waals surface area (Å²) in [6.45, 7) is 3.20. The molecule has 0 spiro atoms. The molecule has 1 saturated heterocycles. The number of rotatable bonds is 3. The Hall–Kier alpha value is -1.07. The molecule has 5 heteroatoms. The maximum atomic E-state index is 11.9. The molecule has 19 heavy (non-hydrogen) atoms. The number of carbonyl (C=O) groups is 1. The predicted molar refractivity (Wildman–Crippen MR) is 74.7 cm³/mol. The third-order valence-electron chi connectivity index (χ3n) is 3.11. The number of hydrogen-bond donors (Lipinski definition) is 0. The zero-order valence-electron chi connectivity index (χ0n) is 11.1. The van der Waals surface area contributed by atoms with Gasteiger partial charge in [0, 0.05) is 6.61 Å². The summed E-state index contributed by atoms with van der Waals surface area (Å²) in [7, 11) is 1.37. The molecule has 1 aromatic carbocycles. The number of carbonyl (C=O) groups excluding carboxylic acids is 1. The molecular formula is C14H17BrO4. The van der Waals surface area contributed by atoms with Gasteiger partial charge in [0.2, 0.25) is 0 Å². The Balaban J connectivity index is 2.31. The molecule has 1 heterocycles. The summed E-state index contributed by atoms with van der Waals surface area (Å²) in [5.74, 6) is 0.160. The summed E-state index contributed by atoms with van der Waals surface area (Å²) in [4.78, 5) is 11.9. The van der Waals surface area contributed by atoms with Crippen molar-refractivity contribution in [3.63, 3.8) is 0 Å². The van der Waals surface area contributed by atoms with Gasteiger partial charge in [0.05, 0.1) is 18.2 Å². The van der Waals surface area contributed by atoms with E-state index < -0.39 is 0 Å². The summed E-state index contributed by atoms with van der Waals surface area (Å²) in [6, 6.07) is 3.74. The van der Waals surface area contributed by atoms with Gasteiger partial charge in [-0.3, -0.25) is 0 Å². The number of halogens is 1. The van der Waals surface area contributed by atoms with Crippen molar-refractivity contribution in [3.8, 4) is 5.75 Å². The Bertz CT molecular complexity index is 467. The van der Waals surface area contributed by atoms with Crippen molar-refractivity contribution in [2.24, 2.45) is 0 Å². The molecule has 1 aliphatic heterocycles. The Labute approximate surface area is 121 Å². The minimum Gasteiger partial charge on any atom is -0.486 e. The lowest BCUT2D eigenvalue weighted by molar-refractivity contribution is 0.00628. The van der Waals surface area contributed by atoms with Crippen LogP contribution in [0.5, 0.6) is 5.75 Å². The maximum Gasteiger partial charge on any atom is 0.341 e. The number of ether oxygens (including phenoxy) is 3. The molecule has 1 aliphatic rings. The summed E-state index contributed by atoms with van der Waals surface area (Å²) in [5, 5.41) is 0. The van der Waals surface area contributed by atoms with E-state index in [4.69, 9.17) is 14.2 Å². The van der Waals surface area contributed by atoms with E-state index in [-0.39, 0.29) is 12.1 Å². The number of hydrogen-bond acceptors (Lipinski definition) is 4. The molecule has 104 valence electrons. The molecule has 0 radical (unpaired) electrons. The van der Waals surface area contributed by atoms with Gasteiger partial charge in [-0.2, -0.15) is 0 Å². The SMILES string of the molecule is COC(=O)c1c(C)ccc(Br)c1O[C@@H]1CCCOC1. The topological polar surface area (TPSA) is 44.8 Å². The molecule has 2 rings (SSSR count). The van der Waals surface area contributed by atoms with Gasteiger partial charge in [-0.25, -0.2) is 4.79 Å². The monoisotopic (exact) mass is 328 g/mol. The van der Waals surface area contributed by atoms with Crippen LogP contribution in [0.3, 0.4) is 0 Å². The third-order valence-corrected chi connectivity index (χ3v) is 3.73. The van der Waals surface area contributed by atoms with Crippen LogP contribution in [0, 0.1) is 6.92 Å². The van der Waals surface area contributed by atoms with E-state index in [0.29, 0.717) is 17.9 Å². The van der Waals surface area contributed by atoms with Gasteiger partial charge >= 0.3 is 5.97 Å². The summed E-state index contributed by atoms with van der Waals surface area (Å²) >= 11 is 3.43.